The highest BCUT2D eigenvalue weighted by Gasteiger charge is 2.45. The Labute approximate surface area is 221 Å². The summed E-state index contributed by atoms with van der Waals surface area (Å²) in [6.45, 7) is 1.64. The third kappa shape index (κ3) is 5.75. The van der Waals surface area contributed by atoms with Gasteiger partial charge in [0.1, 0.15) is 17.7 Å². The predicted octanol–water partition coefficient (Wildman–Crippen LogP) is 4.58. The molecule has 2 atom stereocenters. The molecule has 2 aliphatic heterocycles. The van der Waals surface area contributed by atoms with Crippen molar-refractivity contribution in [1.82, 2.24) is 15.3 Å². The topological polar surface area (TPSA) is 114 Å². The van der Waals surface area contributed by atoms with E-state index < -0.39 is 30.1 Å². The van der Waals surface area contributed by atoms with Crippen molar-refractivity contribution in [2.45, 2.75) is 37.6 Å². The number of benzene rings is 2. The number of carboxylic acid groups (broad SMARTS) is 1. The fourth-order valence-electron chi connectivity index (χ4n) is 5.41. The Bertz CT molecular complexity index is 1360. The number of piperidine rings is 1. The quantitative estimate of drug-likeness (QED) is 0.386. The van der Waals surface area contributed by atoms with Crippen LogP contribution in [0.5, 0.6) is 5.88 Å². The van der Waals surface area contributed by atoms with Crippen LogP contribution in [0.25, 0.3) is 11.1 Å². The van der Waals surface area contributed by atoms with Crippen molar-refractivity contribution >= 4 is 17.7 Å². The second kappa shape index (κ2) is 10.3. The summed E-state index contributed by atoms with van der Waals surface area (Å²) in [5, 5.41) is 12.4. The van der Waals surface area contributed by atoms with Gasteiger partial charge in [0.05, 0.1) is 0 Å². The van der Waals surface area contributed by atoms with Gasteiger partial charge in [0.15, 0.2) is 0 Å². The Hall–Kier alpha value is -3.93. The average Bonchev–Trinajstić information content (AvgIpc) is 3.30. The number of ether oxygens (including phenoxy) is 1. The number of hydrogen-bond donors (Lipinski definition) is 3. The van der Waals surface area contributed by atoms with Crippen LogP contribution < -0.4 is 20.7 Å². The number of nitrogens with zero attached hydrogens (tertiary/aromatic N) is 3. The Balaban J connectivity index is 1.39. The molecule has 8 nitrogen and oxygen atoms in total. The van der Waals surface area contributed by atoms with Gasteiger partial charge in [-0.25, -0.2) is 4.39 Å². The van der Waals surface area contributed by atoms with Gasteiger partial charge in [-0.05, 0) is 47.9 Å². The van der Waals surface area contributed by atoms with E-state index in [9.17, 15) is 27.5 Å². The van der Waals surface area contributed by atoms with Crippen LogP contribution in [-0.2, 0) is 4.79 Å². The molecule has 12 heteroatoms. The highest BCUT2D eigenvalue weighted by Crippen LogP contribution is 2.43. The maximum absolute atomic E-state index is 14.3. The van der Waals surface area contributed by atoms with Crippen LogP contribution >= 0.6 is 0 Å². The van der Waals surface area contributed by atoms with E-state index in [2.05, 4.69) is 15.3 Å². The minimum atomic E-state index is -4.82. The van der Waals surface area contributed by atoms with Crippen molar-refractivity contribution in [3.05, 3.63) is 66.0 Å². The van der Waals surface area contributed by atoms with E-state index in [1.54, 1.807) is 6.07 Å². The van der Waals surface area contributed by atoms with E-state index in [1.807, 2.05) is 4.90 Å². The molecule has 0 bridgehead atoms. The number of nitrogen functional groups attached to an aromatic ring is 1. The molecule has 0 aliphatic carbocycles. The lowest BCUT2D eigenvalue weighted by Gasteiger charge is -2.39. The van der Waals surface area contributed by atoms with Gasteiger partial charge in [0.2, 0.25) is 17.9 Å². The summed E-state index contributed by atoms with van der Waals surface area (Å²) in [5.41, 5.74) is 5.97. The molecule has 4 N–H and O–H groups in total. The average molecular weight is 546 g/mol. The largest absolute Gasteiger partial charge is 0.480 e. The fraction of sp³-hybridized carbons (Fsp3) is 0.370. The first-order valence-corrected chi connectivity index (χ1v) is 12.5. The zero-order valence-electron chi connectivity index (χ0n) is 20.8. The minimum absolute atomic E-state index is 0.153. The molecule has 3 heterocycles. The summed E-state index contributed by atoms with van der Waals surface area (Å²) >= 11 is 0. The summed E-state index contributed by atoms with van der Waals surface area (Å²) in [5.74, 6) is -1.71. The van der Waals surface area contributed by atoms with E-state index >= 15 is 0 Å². The van der Waals surface area contributed by atoms with E-state index in [-0.39, 0.29) is 33.9 Å². The Morgan fingerprint density at radius 3 is 2.54 bits per heavy atom. The normalized spacial score (nSPS) is 19.7. The number of anilines is 2. The summed E-state index contributed by atoms with van der Waals surface area (Å²) in [6.07, 6.45) is -5.32. The van der Waals surface area contributed by atoms with Crippen molar-refractivity contribution in [1.29, 1.82) is 0 Å². The molecule has 0 saturated carbocycles. The number of carbonyl (C=O) groups is 1. The molecular weight excluding hydrogens is 518 g/mol. The van der Waals surface area contributed by atoms with Crippen LogP contribution in [0.2, 0.25) is 0 Å². The second-order valence-corrected chi connectivity index (χ2v) is 10.0. The van der Waals surface area contributed by atoms with E-state index in [0.717, 1.165) is 6.07 Å². The Kier molecular flexibility index (Phi) is 7.06. The highest BCUT2D eigenvalue weighted by molar-refractivity contribution is 5.74. The molecule has 2 saturated heterocycles. The molecule has 1 aromatic heterocycles. The first-order valence-electron chi connectivity index (χ1n) is 12.5. The molecule has 5 rings (SSSR count). The first-order chi connectivity index (χ1) is 18.5. The number of aromatic nitrogens is 2. The summed E-state index contributed by atoms with van der Waals surface area (Å²) in [4.78, 5) is 21.4. The minimum Gasteiger partial charge on any atom is -0.480 e. The van der Waals surface area contributed by atoms with Crippen LogP contribution in [0.15, 0.2) is 54.6 Å². The van der Waals surface area contributed by atoms with E-state index in [0.29, 0.717) is 44.7 Å². The van der Waals surface area contributed by atoms with Crippen LogP contribution in [0.4, 0.5) is 29.3 Å². The van der Waals surface area contributed by atoms with Gasteiger partial charge in [0.25, 0.3) is 0 Å². The van der Waals surface area contributed by atoms with Crippen molar-refractivity contribution in [2.24, 2.45) is 5.41 Å². The van der Waals surface area contributed by atoms with Gasteiger partial charge >= 0.3 is 12.1 Å². The molecule has 206 valence electrons. The van der Waals surface area contributed by atoms with E-state index in [4.69, 9.17) is 10.5 Å². The fourth-order valence-corrected chi connectivity index (χ4v) is 5.41. The summed E-state index contributed by atoms with van der Waals surface area (Å²) < 4.78 is 62.4. The number of aliphatic carboxylic acids is 1. The van der Waals surface area contributed by atoms with Gasteiger partial charge in [-0.2, -0.15) is 23.1 Å². The standard InChI is InChI=1S/C27H27F4N5O3/c28-17-5-3-4-16(12-17)18-6-1-2-7-19(18)23(27(29,30)31)39-22-13-21(34-25(32)35-22)36-10-8-26(9-11-36)14-20(24(37)38)33-15-26/h1-7,12-13,20,23,33H,8-11,14-15H2,(H,37,38)(H2,32,34,35)/t20-,23?/m0/s1. The van der Waals surface area contributed by atoms with Crippen molar-refractivity contribution in [2.75, 3.05) is 30.3 Å². The summed E-state index contributed by atoms with van der Waals surface area (Å²) in [6, 6.07) is 11.9. The number of halogens is 4. The van der Waals surface area contributed by atoms with Gasteiger partial charge in [-0.15, -0.1) is 0 Å². The van der Waals surface area contributed by atoms with Crippen molar-refractivity contribution < 1.29 is 32.2 Å². The predicted molar refractivity (Wildman–Crippen MR) is 136 cm³/mol. The van der Waals surface area contributed by atoms with Gasteiger partial charge in [-0.3, -0.25) is 4.79 Å². The number of alkyl halides is 3. The Morgan fingerprint density at radius 2 is 1.87 bits per heavy atom. The molecule has 2 aliphatic rings. The van der Waals surface area contributed by atoms with Gasteiger partial charge in [-0.1, -0.05) is 36.4 Å². The number of nitrogens with two attached hydrogens (primary N) is 1. The number of carboxylic acids is 1. The SMILES string of the molecule is Nc1nc(OC(c2ccccc2-c2cccc(F)c2)C(F)(F)F)cc(N2CCC3(CC2)CN[C@H](C(=O)O)C3)n1. The molecular formula is C27H27F4N5O3. The van der Waals surface area contributed by atoms with Gasteiger partial charge in [0, 0.05) is 31.3 Å². The lowest BCUT2D eigenvalue weighted by molar-refractivity contribution is -0.198. The van der Waals surface area contributed by atoms with Gasteiger partial charge < -0.3 is 25.8 Å². The third-order valence-electron chi connectivity index (χ3n) is 7.43. The maximum Gasteiger partial charge on any atom is 0.429 e. The monoisotopic (exact) mass is 545 g/mol. The molecule has 39 heavy (non-hydrogen) atoms. The number of nitrogens with one attached hydrogen (secondary N) is 1. The number of hydrogen-bond acceptors (Lipinski definition) is 7. The molecule has 2 fully saturated rings. The molecule has 0 radical (unpaired) electrons. The lowest BCUT2D eigenvalue weighted by Crippen LogP contribution is -2.41. The molecule has 2 aromatic carbocycles. The second-order valence-electron chi connectivity index (χ2n) is 10.0. The van der Waals surface area contributed by atoms with E-state index in [1.165, 1.54) is 42.5 Å². The zero-order valence-corrected chi connectivity index (χ0v) is 20.8. The molecule has 0 amide bonds. The third-order valence-corrected chi connectivity index (χ3v) is 7.43. The number of rotatable bonds is 6. The smallest absolute Gasteiger partial charge is 0.429 e. The van der Waals surface area contributed by atoms with Crippen LogP contribution in [0, 0.1) is 11.2 Å². The zero-order chi connectivity index (χ0) is 27.8. The van der Waals surface area contributed by atoms with Crippen LogP contribution in [-0.4, -0.2) is 52.9 Å². The summed E-state index contributed by atoms with van der Waals surface area (Å²) in [7, 11) is 0. The van der Waals surface area contributed by atoms with Crippen LogP contribution in [0.3, 0.4) is 0 Å². The van der Waals surface area contributed by atoms with Crippen LogP contribution in [0.1, 0.15) is 30.9 Å². The molecule has 1 spiro atoms. The highest BCUT2D eigenvalue weighted by atomic mass is 19.4. The molecule has 1 unspecified atom stereocenters. The van der Waals surface area contributed by atoms with Crippen molar-refractivity contribution in [3.63, 3.8) is 0 Å². The molecule has 3 aromatic rings. The lowest BCUT2D eigenvalue weighted by atomic mass is 9.76. The maximum atomic E-state index is 14.3. The van der Waals surface area contributed by atoms with Crippen molar-refractivity contribution in [3.8, 4) is 17.0 Å². The Morgan fingerprint density at radius 1 is 1.13 bits per heavy atom. The first kappa shape index (κ1) is 26.7.